The van der Waals surface area contributed by atoms with E-state index >= 15 is 0 Å². The molecule has 0 bridgehead atoms. The maximum absolute atomic E-state index is 13.5. The van der Waals surface area contributed by atoms with Gasteiger partial charge >= 0.3 is 0 Å². The van der Waals surface area contributed by atoms with Crippen molar-refractivity contribution < 1.29 is 9.50 Å². The fourth-order valence-corrected chi connectivity index (χ4v) is 3.55. The summed E-state index contributed by atoms with van der Waals surface area (Å²) in [7, 11) is 0. The monoisotopic (exact) mass is 415 g/mol. The third kappa shape index (κ3) is 4.21. The number of aromatic amines is 1. The van der Waals surface area contributed by atoms with Crippen LogP contribution < -0.4 is 5.43 Å². The van der Waals surface area contributed by atoms with Crippen LogP contribution in [-0.2, 0) is 6.54 Å². The molecule has 0 spiro atoms. The summed E-state index contributed by atoms with van der Waals surface area (Å²) in [6, 6.07) is 15.8. The minimum absolute atomic E-state index is 0.0647. The van der Waals surface area contributed by atoms with Crippen LogP contribution in [0.5, 0.6) is 5.75 Å². The van der Waals surface area contributed by atoms with Crippen LogP contribution in [0.4, 0.5) is 4.39 Å². The van der Waals surface area contributed by atoms with Crippen molar-refractivity contribution in [2.75, 3.05) is 0 Å². The smallest absolute Gasteiger partial charge is 0.242 e. The van der Waals surface area contributed by atoms with Crippen LogP contribution in [0.1, 0.15) is 29.0 Å². The molecule has 31 heavy (non-hydrogen) atoms. The van der Waals surface area contributed by atoms with Crippen LogP contribution in [0, 0.1) is 17.1 Å². The number of halogens is 1. The third-order valence-corrected chi connectivity index (χ3v) is 5.14. The van der Waals surface area contributed by atoms with E-state index in [2.05, 4.69) is 21.3 Å². The van der Waals surface area contributed by atoms with Gasteiger partial charge in [0.1, 0.15) is 11.5 Å². The Labute approximate surface area is 177 Å². The third-order valence-electron chi connectivity index (χ3n) is 5.14. The van der Waals surface area contributed by atoms with Gasteiger partial charge in [-0.1, -0.05) is 24.3 Å². The number of aryl methyl sites for hydroxylation is 1. The summed E-state index contributed by atoms with van der Waals surface area (Å²) in [4.78, 5) is 16.0. The van der Waals surface area contributed by atoms with E-state index in [4.69, 9.17) is 5.26 Å². The lowest BCUT2D eigenvalue weighted by atomic mass is 9.88. The first-order valence-corrected chi connectivity index (χ1v) is 9.60. The summed E-state index contributed by atoms with van der Waals surface area (Å²) in [6.45, 7) is 0.508. The van der Waals surface area contributed by atoms with Gasteiger partial charge in [-0.05, 0) is 41.8 Å². The molecule has 8 heteroatoms. The molecule has 2 aromatic carbocycles. The fourth-order valence-electron chi connectivity index (χ4n) is 3.55. The molecule has 4 aromatic rings. The van der Waals surface area contributed by atoms with Gasteiger partial charge in [0.05, 0.1) is 17.8 Å². The zero-order valence-corrected chi connectivity index (χ0v) is 16.4. The van der Waals surface area contributed by atoms with Gasteiger partial charge in [0.15, 0.2) is 11.6 Å². The Morgan fingerprint density at radius 3 is 2.48 bits per heavy atom. The fraction of sp³-hybridized carbons (Fsp3) is 0.130. The van der Waals surface area contributed by atoms with E-state index in [9.17, 15) is 14.3 Å². The predicted octanol–water partition coefficient (Wildman–Crippen LogP) is 3.57. The van der Waals surface area contributed by atoms with Gasteiger partial charge in [0.2, 0.25) is 5.43 Å². The van der Waals surface area contributed by atoms with Crippen molar-refractivity contribution in [3.05, 3.63) is 99.9 Å². The van der Waals surface area contributed by atoms with E-state index < -0.39 is 11.2 Å². The highest BCUT2D eigenvalue weighted by Gasteiger charge is 2.18. The molecule has 2 N–H and O–H groups in total. The largest absolute Gasteiger partial charge is 0.503 e. The number of rotatable bonds is 6. The van der Waals surface area contributed by atoms with Crippen LogP contribution >= 0.6 is 0 Å². The second-order valence-electron chi connectivity index (χ2n) is 7.03. The van der Waals surface area contributed by atoms with E-state index in [1.807, 2.05) is 16.7 Å². The van der Waals surface area contributed by atoms with Crippen molar-refractivity contribution in [1.82, 2.24) is 19.7 Å². The lowest BCUT2D eigenvalue weighted by molar-refractivity contribution is 0.466. The van der Waals surface area contributed by atoms with Gasteiger partial charge in [-0.15, -0.1) is 0 Å². The van der Waals surface area contributed by atoms with E-state index in [1.165, 1.54) is 12.1 Å². The van der Waals surface area contributed by atoms with Crippen molar-refractivity contribution >= 4 is 0 Å². The van der Waals surface area contributed by atoms with E-state index in [0.717, 1.165) is 17.3 Å². The molecule has 1 unspecified atom stereocenters. The minimum atomic E-state index is -0.593. The average molecular weight is 415 g/mol. The van der Waals surface area contributed by atoms with Gasteiger partial charge in [0, 0.05) is 24.9 Å². The number of H-pyrrole nitrogens is 1. The summed E-state index contributed by atoms with van der Waals surface area (Å²) >= 11 is 0. The Morgan fingerprint density at radius 2 is 1.81 bits per heavy atom. The molecule has 7 nitrogen and oxygen atoms in total. The van der Waals surface area contributed by atoms with Gasteiger partial charge < -0.3 is 9.67 Å². The normalized spacial score (nSPS) is 11.7. The Balaban J connectivity index is 1.65. The molecule has 1 atom stereocenters. The number of nitrogens with zero attached hydrogens (tertiary/aromatic N) is 4. The molecular weight excluding hydrogens is 397 g/mol. The number of nitriles is 1. The van der Waals surface area contributed by atoms with Crippen molar-refractivity contribution in [2.24, 2.45) is 0 Å². The Morgan fingerprint density at radius 1 is 1.13 bits per heavy atom. The number of hydrogen-bond acceptors (Lipinski definition) is 5. The van der Waals surface area contributed by atoms with E-state index in [1.54, 1.807) is 36.7 Å². The molecule has 0 saturated heterocycles. The van der Waals surface area contributed by atoms with Crippen molar-refractivity contribution in [2.45, 2.75) is 18.9 Å². The number of nitrogens with one attached hydrogen (secondary N) is 1. The van der Waals surface area contributed by atoms with Crippen molar-refractivity contribution in [3.8, 4) is 23.3 Å². The summed E-state index contributed by atoms with van der Waals surface area (Å²) in [5.41, 5.74) is 2.05. The van der Waals surface area contributed by atoms with Crippen molar-refractivity contribution in [1.29, 1.82) is 5.26 Å². The first kappa shape index (κ1) is 20.0. The molecule has 0 amide bonds. The number of benzene rings is 2. The second kappa shape index (κ2) is 8.63. The zero-order chi connectivity index (χ0) is 21.8. The standard InChI is InChI=1S/C23H18FN5O2/c24-18-7-5-17(6-8-18)19(16-3-1-15(13-25)2-4-16)9-11-29-12-10-26-23(29)21-22(31)20(30)14-27-28-21/h1-8,10,12,14,19H,9,11H2,(H,27,31)(H,28,30). The molecule has 0 aliphatic heterocycles. The van der Waals surface area contributed by atoms with Gasteiger partial charge in [0.25, 0.3) is 0 Å². The predicted molar refractivity (Wildman–Crippen MR) is 112 cm³/mol. The minimum Gasteiger partial charge on any atom is -0.503 e. The molecule has 2 aromatic heterocycles. The van der Waals surface area contributed by atoms with E-state index in [0.29, 0.717) is 24.4 Å². The molecular formula is C23H18FN5O2. The maximum Gasteiger partial charge on any atom is 0.242 e. The van der Waals surface area contributed by atoms with Gasteiger partial charge in [-0.25, -0.2) is 9.37 Å². The summed E-state index contributed by atoms with van der Waals surface area (Å²) < 4.78 is 15.3. The lowest BCUT2D eigenvalue weighted by Crippen LogP contribution is -2.10. The maximum atomic E-state index is 13.5. The van der Waals surface area contributed by atoms with Gasteiger partial charge in [-0.3, -0.25) is 9.89 Å². The van der Waals surface area contributed by atoms with Crippen LogP contribution in [-0.4, -0.2) is 24.9 Å². The van der Waals surface area contributed by atoms with Crippen LogP contribution in [0.25, 0.3) is 11.5 Å². The molecule has 0 radical (unpaired) electrons. The Hall–Kier alpha value is -4.25. The average Bonchev–Trinajstić information content (AvgIpc) is 3.25. The lowest BCUT2D eigenvalue weighted by Gasteiger charge is -2.19. The topological polar surface area (TPSA) is 108 Å². The van der Waals surface area contributed by atoms with Gasteiger partial charge in [-0.2, -0.15) is 10.4 Å². The summed E-state index contributed by atoms with van der Waals surface area (Å²) in [5, 5.41) is 25.6. The van der Waals surface area contributed by atoms with Crippen LogP contribution in [0.2, 0.25) is 0 Å². The number of imidazole rings is 1. The van der Waals surface area contributed by atoms with Crippen LogP contribution in [0.15, 0.2) is 71.9 Å². The number of aromatic hydroxyl groups is 1. The SMILES string of the molecule is N#Cc1ccc(C(CCn2ccnc2-c2[nH]ncc(=O)c2O)c2ccc(F)cc2)cc1. The molecule has 0 saturated carbocycles. The zero-order valence-electron chi connectivity index (χ0n) is 16.4. The molecule has 154 valence electrons. The molecule has 0 fully saturated rings. The van der Waals surface area contributed by atoms with E-state index in [-0.39, 0.29) is 17.4 Å². The summed E-state index contributed by atoms with van der Waals surface area (Å²) in [5.74, 6) is -0.426. The molecule has 0 aliphatic rings. The first-order chi connectivity index (χ1) is 15.1. The molecule has 2 heterocycles. The first-order valence-electron chi connectivity index (χ1n) is 9.60. The highest BCUT2D eigenvalue weighted by Crippen LogP contribution is 2.30. The second-order valence-corrected chi connectivity index (χ2v) is 7.03. The highest BCUT2D eigenvalue weighted by molar-refractivity contribution is 5.57. The van der Waals surface area contributed by atoms with Crippen LogP contribution in [0.3, 0.4) is 0 Å². The highest BCUT2D eigenvalue weighted by atomic mass is 19.1. The Bertz CT molecular complexity index is 1290. The Kier molecular flexibility index (Phi) is 5.58. The summed E-state index contributed by atoms with van der Waals surface area (Å²) in [6.07, 6.45) is 4.96. The molecule has 0 aliphatic carbocycles. The number of aromatic nitrogens is 4. The quantitative estimate of drug-likeness (QED) is 0.501. The number of hydrogen-bond donors (Lipinski definition) is 2. The molecule has 4 rings (SSSR count). The van der Waals surface area contributed by atoms with Crippen molar-refractivity contribution in [3.63, 3.8) is 0 Å².